The standard InChI is InChI=1S/C18H18Cl2F3N/c1-12(2-3-13-6-9-16(19)17(20)10-13)24-11-14-4-7-15(8-5-14)18(21,22)23/h4-10,12,24H,2-3,11H2,1H3/t12-/m0/s1. The number of alkyl halides is 3. The summed E-state index contributed by atoms with van der Waals surface area (Å²) in [5.74, 6) is 0. The average molecular weight is 376 g/mol. The van der Waals surface area contributed by atoms with E-state index >= 15 is 0 Å². The van der Waals surface area contributed by atoms with Crippen LogP contribution in [0.2, 0.25) is 10.0 Å². The molecule has 0 fully saturated rings. The topological polar surface area (TPSA) is 12.0 Å². The molecule has 1 N–H and O–H groups in total. The summed E-state index contributed by atoms with van der Waals surface area (Å²) in [6.45, 7) is 2.57. The van der Waals surface area contributed by atoms with Gasteiger partial charge < -0.3 is 5.32 Å². The molecule has 1 nitrogen and oxygen atoms in total. The van der Waals surface area contributed by atoms with Crippen molar-refractivity contribution in [2.75, 3.05) is 0 Å². The van der Waals surface area contributed by atoms with Gasteiger partial charge in [0.15, 0.2) is 0 Å². The molecule has 0 bridgehead atoms. The van der Waals surface area contributed by atoms with Crippen molar-refractivity contribution < 1.29 is 13.2 Å². The summed E-state index contributed by atoms with van der Waals surface area (Å²) in [4.78, 5) is 0. The van der Waals surface area contributed by atoms with Gasteiger partial charge in [0.1, 0.15) is 0 Å². The van der Waals surface area contributed by atoms with Crippen molar-refractivity contribution >= 4 is 23.2 Å². The highest BCUT2D eigenvalue weighted by Gasteiger charge is 2.29. The molecule has 0 aromatic heterocycles. The van der Waals surface area contributed by atoms with Crippen molar-refractivity contribution in [2.45, 2.75) is 38.5 Å². The molecule has 0 spiro atoms. The molecule has 130 valence electrons. The van der Waals surface area contributed by atoms with Crippen LogP contribution in [-0.4, -0.2) is 6.04 Å². The number of aryl methyl sites for hydroxylation is 1. The molecule has 2 rings (SSSR count). The first-order valence-corrected chi connectivity index (χ1v) is 8.35. The van der Waals surface area contributed by atoms with Crippen molar-refractivity contribution in [1.82, 2.24) is 5.32 Å². The molecule has 0 saturated heterocycles. The molecule has 0 amide bonds. The van der Waals surface area contributed by atoms with Crippen LogP contribution in [0.1, 0.15) is 30.0 Å². The fourth-order valence-electron chi connectivity index (χ4n) is 2.28. The SMILES string of the molecule is C[C@@H](CCc1ccc(Cl)c(Cl)c1)NCc1ccc(C(F)(F)F)cc1. The Morgan fingerprint density at radius 2 is 1.58 bits per heavy atom. The van der Waals surface area contributed by atoms with Crippen LogP contribution < -0.4 is 5.32 Å². The lowest BCUT2D eigenvalue weighted by Crippen LogP contribution is -2.26. The molecule has 1 atom stereocenters. The number of rotatable bonds is 6. The summed E-state index contributed by atoms with van der Waals surface area (Å²) < 4.78 is 37.5. The first kappa shape index (κ1) is 19.1. The molecule has 6 heteroatoms. The van der Waals surface area contributed by atoms with E-state index in [2.05, 4.69) is 5.32 Å². The minimum Gasteiger partial charge on any atom is -0.310 e. The second-order valence-electron chi connectivity index (χ2n) is 5.76. The molecule has 0 unspecified atom stereocenters. The maximum absolute atomic E-state index is 12.5. The molecule has 2 aromatic carbocycles. The number of nitrogens with one attached hydrogen (secondary N) is 1. The van der Waals surface area contributed by atoms with Gasteiger partial charge >= 0.3 is 6.18 Å². The summed E-state index contributed by atoms with van der Waals surface area (Å²) in [6, 6.07) is 11.0. The monoisotopic (exact) mass is 375 g/mol. The number of hydrogen-bond donors (Lipinski definition) is 1. The molecule has 0 saturated carbocycles. The fraction of sp³-hybridized carbons (Fsp3) is 0.333. The first-order valence-electron chi connectivity index (χ1n) is 7.59. The smallest absolute Gasteiger partial charge is 0.310 e. The van der Waals surface area contributed by atoms with Gasteiger partial charge in [-0.1, -0.05) is 41.4 Å². The summed E-state index contributed by atoms with van der Waals surface area (Å²) in [6.07, 6.45) is -2.56. The van der Waals surface area contributed by atoms with Gasteiger partial charge in [0, 0.05) is 12.6 Å². The highest BCUT2D eigenvalue weighted by Crippen LogP contribution is 2.29. The van der Waals surface area contributed by atoms with E-state index in [1.54, 1.807) is 6.07 Å². The zero-order valence-corrected chi connectivity index (χ0v) is 14.6. The maximum Gasteiger partial charge on any atom is 0.416 e. The Balaban J connectivity index is 1.80. The minimum atomic E-state index is -4.29. The molecular formula is C18H18Cl2F3N. The van der Waals surface area contributed by atoms with Crippen molar-refractivity contribution in [3.05, 3.63) is 69.2 Å². The van der Waals surface area contributed by atoms with Gasteiger partial charge in [-0.2, -0.15) is 13.2 Å². The Labute approximate surface area is 149 Å². The van der Waals surface area contributed by atoms with E-state index in [0.29, 0.717) is 16.6 Å². The van der Waals surface area contributed by atoms with Crippen LogP contribution >= 0.6 is 23.2 Å². The third-order valence-corrected chi connectivity index (χ3v) is 4.52. The number of halogens is 5. The van der Waals surface area contributed by atoms with Gasteiger partial charge in [-0.25, -0.2) is 0 Å². The molecule has 0 radical (unpaired) electrons. The Kier molecular flexibility index (Phi) is 6.55. The van der Waals surface area contributed by atoms with E-state index < -0.39 is 11.7 Å². The van der Waals surface area contributed by atoms with E-state index in [1.165, 1.54) is 12.1 Å². The van der Waals surface area contributed by atoms with Crippen molar-refractivity contribution in [2.24, 2.45) is 0 Å². The first-order chi connectivity index (χ1) is 11.3. The Morgan fingerprint density at radius 3 is 2.17 bits per heavy atom. The Hall–Kier alpha value is -1.23. The molecule has 0 heterocycles. The highest BCUT2D eigenvalue weighted by atomic mass is 35.5. The van der Waals surface area contributed by atoms with Gasteiger partial charge in [0.2, 0.25) is 0 Å². The van der Waals surface area contributed by atoms with Crippen molar-refractivity contribution in [3.8, 4) is 0 Å². The molecule has 0 aliphatic rings. The van der Waals surface area contributed by atoms with Crippen LogP contribution in [0.4, 0.5) is 13.2 Å². The van der Waals surface area contributed by atoms with Crippen LogP contribution in [0.3, 0.4) is 0 Å². The molecule has 0 aliphatic heterocycles. The van der Waals surface area contributed by atoms with E-state index in [4.69, 9.17) is 23.2 Å². The average Bonchev–Trinajstić information content (AvgIpc) is 2.53. The number of benzene rings is 2. The zero-order chi connectivity index (χ0) is 17.7. The normalized spacial score (nSPS) is 13.1. The fourth-order valence-corrected chi connectivity index (χ4v) is 2.60. The van der Waals surface area contributed by atoms with Gasteiger partial charge in [-0.3, -0.25) is 0 Å². The van der Waals surface area contributed by atoms with E-state index in [0.717, 1.165) is 36.1 Å². The van der Waals surface area contributed by atoms with Crippen molar-refractivity contribution in [3.63, 3.8) is 0 Å². The maximum atomic E-state index is 12.5. The zero-order valence-electron chi connectivity index (χ0n) is 13.1. The summed E-state index contributed by atoms with van der Waals surface area (Å²) in [5, 5.41) is 4.39. The highest BCUT2D eigenvalue weighted by molar-refractivity contribution is 6.42. The van der Waals surface area contributed by atoms with Crippen molar-refractivity contribution in [1.29, 1.82) is 0 Å². The van der Waals surface area contributed by atoms with Crippen LogP contribution in [-0.2, 0) is 19.1 Å². The second-order valence-corrected chi connectivity index (χ2v) is 6.58. The van der Waals surface area contributed by atoms with E-state index in [1.807, 2.05) is 19.1 Å². The van der Waals surface area contributed by atoms with Crippen LogP contribution in [0, 0.1) is 0 Å². The van der Waals surface area contributed by atoms with Gasteiger partial charge in [0.25, 0.3) is 0 Å². The van der Waals surface area contributed by atoms with Crippen LogP contribution in [0.5, 0.6) is 0 Å². The summed E-state index contributed by atoms with van der Waals surface area (Å²) in [7, 11) is 0. The van der Waals surface area contributed by atoms with E-state index in [-0.39, 0.29) is 6.04 Å². The molecule has 0 aliphatic carbocycles. The lowest BCUT2D eigenvalue weighted by molar-refractivity contribution is -0.137. The molecule has 24 heavy (non-hydrogen) atoms. The summed E-state index contributed by atoms with van der Waals surface area (Å²) in [5.41, 5.74) is 1.30. The van der Waals surface area contributed by atoms with Gasteiger partial charge in [-0.05, 0) is 55.2 Å². The summed E-state index contributed by atoms with van der Waals surface area (Å²) >= 11 is 11.9. The third-order valence-electron chi connectivity index (χ3n) is 3.79. The Morgan fingerprint density at radius 1 is 0.958 bits per heavy atom. The number of hydrogen-bond acceptors (Lipinski definition) is 1. The lowest BCUT2D eigenvalue weighted by atomic mass is 10.1. The second kappa shape index (κ2) is 8.24. The Bertz CT molecular complexity index is 669. The van der Waals surface area contributed by atoms with Gasteiger partial charge in [-0.15, -0.1) is 0 Å². The third kappa shape index (κ3) is 5.69. The predicted molar refractivity (Wildman–Crippen MR) is 92.5 cm³/mol. The van der Waals surface area contributed by atoms with E-state index in [9.17, 15) is 13.2 Å². The predicted octanol–water partition coefficient (Wildman–Crippen LogP) is 6.12. The van der Waals surface area contributed by atoms with Crippen LogP contribution in [0.25, 0.3) is 0 Å². The largest absolute Gasteiger partial charge is 0.416 e. The molecule has 2 aromatic rings. The minimum absolute atomic E-state index is 0.224. The van der Waals surface area contributed by atoms with Gasteiger partial charge in [0.05, 0.1) is 15.6 Å². The van der Waals surface area contributed by atoms with Crippen LogP contribution in [0.15, 0.2) is 42.5 Å². The lowest BCUT2D eigenvalue weighted by Gasteiger charge is -2.14. The quantitative estimate of drug-likeness (QED) is 0.640. The molecular weight excluding hydrogens is 358 g/mol.